The molecule has 0 aliphatic carbocycles. The number of aliphatic hydroxyl groups excluding tert-OH is 1. The number of hydrogen-bond donors (Lipinski definition) is 3. The number of likely N-dealkylation sites (N-methyl/N-ethyl adjacent to an activating group) is 1. The number of amides is 2. The van der Waals surface area contributed by atoms with Crippen molar-refractivity contribution in [1.82, 2.24) is 4.90 Å². The zero-order valence-electron chi connectivity index (χ0n) is 12.7. The van der Waals surface area contributed by atoms with Crippen LogP contribution in [0.25, 0.3) is 0 Å². The molecule has 0 fully saturated rings. The second kappa shape index (κ2) is 8.11. The van der Waals surface area contributed by atoms with Crippen molar-refractivity contribution in [3.63, 3.8) is 0 Å². The highest BCUT2D eigenvalue weighted by atomic mass is 79.9. The first-order valence-corrected chi connectivity index (χ1v) is 7.63. The molecule has 0 aliphatic rings. The second-order valence-corrected chi connectivity index (χ2v) is 6.16. The van der Waals surface area contributed by atoms with Crippen LogP contribution in [-0.2, 0) is 4.79 Å². The summed E-state index contributed by atoms with van der Waals surface area (Å²) >= 11 is 3.28. The Hall–Kier alpha value is -1.88. The first-order chi connectivity index (χ1) is 10.7. The monoisotopic (exact) mass is 382 g/mol. The molecule has 1 rings (SSSR count). The molecular formula is C16H19BrN2O4. The summed E-state index contributed by atoms with van der Waals surface area (Å²) in [6.07, 6.45) is 4.60. The first kappa shape index (κ1) is 19.2. The predicted octanol–water partition coefficient (Wildman–Crippen LogP) is 0.512. The van der Waals surface area contributed by atoms with E-state index in [9.17, 15) is 19.8 Å². The number of nitrogens with two attached hydrogens (primary N) is 1. The van der Waals surface area contributed by atoms with E-state index in [2.05, 4.69) is 21.9 Å². The highest BCUT2D eigenvalue weighted by Gasteiger charge is 2.38. The third-order valence-electron chi connectivity index (χ3n) is 3.60. The lowest BCUT2D eigenvalue weighted by molar-refractivity contribution is -0.138. The Morgan fingerprint density at radius 2 is 2.00 bits per heavy atom. The van der Waals surface area contributed by atoms with E-state index in [0.717, 1.165) is 4.47 Å². The quantitative estimate of drug-likeness (QED) is 0.597. The van der Waals surface area contributed by atoms with Gasteiger partial charge in [-0.3, -0.25) is 9.59 Å². The first-order valence-electron chi connectivity index (χ1n) is 6.84. The van der Waals surface area contributed by atoms with E-state index in [4.69, 9.17) is 12.2 Å². The van der Waals surface area contributed by atoms with E-state index in [1.807, 2.05) is 0 Å². The maximum Gasteiger partial charge on any atom is 0.253 e. The second-order valence-electron chi connectivity index (χ2n) is 5.24. The van der Waals surface area contributed by atoms with Gasteiger partial charge in [0.05, 0.1) is 12.6 Å². The summed E-state index contributed by atoms with van der Waals surface area (Å²) in [4.78, 5) is 25.1. The van der Waals surface area contributed by atoms with Crippen LogP contribution in [0.15, 0.2) is 28.7 Å². The molecule has 124 valence electrons. The van der Waals surface area contributed by atoms with Crippen molar-refractivity contribution in [1.29, 1.82) is 0 Å². The summed E-state index contributed by atoms with van der Waals surface area (Å²) in [5, 5.41) is 19.8. The molecule has 4 N–H and O–H groups in total. The maximum atomic E-state index is 12.4. The number of hydrogen-bond acceptors (Lipinski definition) is 4. The smallest absolute Gasteiger partial charge is 0.253 e. The van der Waals surface area contributed by atoms with E-state index in [1.54, 1.807) is 24.3 Å². The lowest BCUT2D eigenvalue weighted by Gasteiger charge is -2.32. The van der Waals surface area contributed by atoms with E-state index >= 15 is 0 Å². The molecule has 0 aromatic heterocycles. The van der Waals surface area contributed by atoms with Crippen LogP contribution in [-0.4, -0.2) is 52.2 Å². The fraction of sp³-hybridized carbons (Fsp3) is 0.375. The molecule has 2 amide bonds. The molecule has 0 saturated carbocycles. The average Bonchev–Trinajstić information content (AvgIpc) is 2.52. The van der Waals surface area contributed by atoms with E-state index in [-0.39, 0.29) is 18.7 Å². The minimum Gasteiger partial charge on any atom is -0.394 e. The van der Waals surface area contributed by atoms with Gasteiger partial charge in [0, 0.05) is 29.9 Å². The number of terminal acetylenes is 1. The molecule has 1 aromatic rings. The molecule has 0 heterocycles. The van der Waals surface area contributed by atoms with Gasteiger partial charge in [0.2, 0.25) is 5.91 Å². The third kappa shape index (κ3) is 4.79. The summed E-state index contributed by atoms with van der Waals surface area (Å²) in [7, 11) is 1.47. The highest BCUT2D eigenvalue weighted by Crippen LogP contribution is 2.21. The van der Waals surface area contributed by atoms with Crippen molar-refractivity contribution < 1.29 is 19.8 Å². The lowest BCUT2D eigenvalue weighted by Crippen LogP contribution is -2.51. The Balaban J connectivity index is 2.95. The molecule has 0 spiro atoms. The predicted molar refractivity (Wildman–Crippen MR) is 89.3 cm³/mol. The van der Waals surface area contributed by atoms with Crippen molar-refractivity contribution >= 4 is 27.7 Å². The largest absolute Gasteiger partial charge is 0.394 e. The molecular weight excluding hydrogens is 364 g/mol. The van der Waals surface area contributed by atoms with Gasteiger partial charge in [-0.2, -0.15) is 0 Å². The molecule has 1 aromatic carbocycles. The zero-order chi connectivity index (χ0) is 17.6. The summed E-state index contributed by atoms with van der Waals surface area (Å²) < 4.78 is 0.826. The normalized spacial score (nSPS) is 14.4. The van der Waals surface area contributed by atoms with E-state index in [1.165, 1.54) is 11.9 Å². The van der Waals surface area contributed by atoms with Gasteiger partial charge in [0.15, 0.2) is 5.60 Å². The van der Waals surface area contributed by atoms with Crippen LogP contribution < -0.4 is 5.73 Å². The number of rotatable bonds is 7. The Morgan fingerprint density at radius 3 is 2.43 bits per heavy atom. The SMILES string of the molecule is C#CCC(O)(CC(CO)N(C)C(=O)c1ccc(Br)cc1)C(N)=O. The number of carbonyl (C=O) groups excluding carboxylic acids is 2. The van der Waals surface area contributed by atoms with Crippen molar-refractivity contribution in [2.75, 3.05) is 13.7 Å². The van der Waals surface area contributed by atoms with Crippen LogP contribution >= 0.6 is 15.9 Å². The Morgan fingerprint density at radius 1 is 1.43 bits per heavy atom. The van der Waals surface area contributed by atoms with Crippen molar-refractivity contribution in [3.8, 4) is 12.3 Å². The minimum absolute atomic E-state index is 0.248. The van der Waals surface area contributed by atoms with E-state index < -0.39 is 24.2 Å². The summed E-state index contributed by atoms with van der Waals surface area (Å²) in [5.41, 5.74) is 3.62. The molecule has 0 aliphatic heterocycles. The summed E-state index contributed by atoms with van der Waals surface area (Å²) in [6, 6.07) is 5.87. The van der Waals surface area contributed by atoms with Crippen molar-refractivity contribution in [2.45, 2.75) is 24.5 Å². The van der Waals surface area contributed by atoms with Gasteiger partial charge < -0.3 is 20.8 Å². The van der Waals surface area contributed by atoms with Gasteiger partial charge in [-0.15, -0.1) is 12.3 Å². The summed E-state index contributed by atoms with van der Waals surface area (Å²) in [6.45, 7) is -0.446. The Bertz CT molecular complexity index is 612. The van der Waals surface area contributed by atoms with Crippen molar-refractivity contribution in [3.05, 3.63) is 34.3 Å². The van der Waals surface area contributed by atoms with Crippen molar-refractivity contribution in [2.24, 2.45) is 5.73 Å². The Kier molecular flexibility index (Phi) is 6.76. The van der Waals surface area contributed by atoms with Crippen LogP contribution in [0.1, 0.15) is 23.2 Å². The van der Waals surface area contributed by atoms with Gasteiger partial charge in [-0.25, -0.2) is 0 Å². The number of benzene rings is 1. The topological polar surface area (TPSA) is 104 Å². The zero-order valence-corrected chi connectivity index (χ0v) is 14.3. The molecule has 2 unspecified atom stereocenters. The van der Waals surface area contributed by atoms with E-state index in [0.29, 0.717) is 5.56 Å². The highest BCUT2D eigenvalue weighted by molar-refractivity contribution is 9.10. The minimum atomic E-state index is -1.98. The number of aliphatic hydroxyl groups is 2. The maximum absolute atomic E-state index is 12.4. The van der Waals surface area contributed by atoms with Gasteiger partial charge in [0.1, 0.15) is 0 Å². The van der Waals surface area contributed by atoms with Crippen LogP contribution in [0.4, 0.5) is 0 Å². The Labute approximate surface area is 143 Å². The average molecular weight is 383 g/mol. The summed E-state index contributed by atoms with van der Waals surface area (Å²) in [5.74, 6) is 0.839. The molecule has 23 heavy (non-hydrogen) atoms. The van der Waals surface area contributed by atoms with Gasteiger partial charge in [0.25, 0.3) is 5.91 Å². The standard InChI is InChI=1S/C16H19BrN2O4/c1-3-8-16(23,15(18)22)9-13(10-20)19(2)14(21)11-4-6-12(17)7-5-11/h1,4-7,13,20,23H,8-10H2,2H3,(H2,18,22). The molecule has 7 heteroatoms. The van der Waals surface area contributed by atoms with Gasteiger partial charge in [-0.05, 0) is 24.3 Å². The number of primary amides is 1. The number of carbonyl (C=O) groups is 2. The van der Waals surface area contributed by atoms with Gasteiger partial charge in [-0.1, -0.05) is 15.9 Å². The third-order valence-corrected chi connectivity index (χ3v) is 4.13. The van der Waals surface area contributed by atoms with Crippen LogP contribution in [0.2, 0.25) is 0 Å². The lowest BCUT2D eigenvalue weighted by atomic mass is 9.90. The fourth-order valence-electron chi connectivity index (χ4n) is 2.10. The van der Waals surface area contributed by atoms with Crippen LogP contribution in [0, 0.1) is 12.3 Å². The van der Waals surface area contributed by atoms with Crippen LogP contribution in [0.3, 0.4) is 0 Å². The molecule has 0 saturated heterocycles. The number of halogens is 1. The van der Waals surface area contributed by atoms with Crippen LogP contribution in [0.5, 0.6) is 0 Å². The fourth-order valence-corrected chi connectivity index (χ4v) is 2.37. The molecule has 2 atom stereocenters. The molecule has 0 radical (unpaired) electrons. The van der Waals surface area contributed by atoms with Gasteiger partial charge >= 0.3 is 0 Å². The number of nitrogens with zero attached hydrogens (tertiary/aromatic N) is 1. The molecule has 6 nitrogen and oxygen atoms in total. The molecule has 0 bridgehead atoms.